The Bertz CT molecular complexity index is 357. The van der Waals surface area contributed by atoms with Crippen LogP contribution in [0.15, 0.2) is 11.4 Å². The largest absolute Gasteiger partial charge is 0.385 e. The van der Waals surface area contributed by atoms with Crippen LogP contribution in [0.4, 0.5) is 0 Å². The first-order valence-corrected chi connectivity index (χ1v) is 7.31. The van der Waals surface area contributed by atoms with Gasteiger partial charge < -0.3 is 10.1 Å². The Hall–Kier alpha value is -0.380. The van der Waals surface area contributed by atoms with Gasteiger partial charge in [-0.15, -0.1) is 11.3 Å². The van der Waals surface area contributed by atoms with Crippen molar-refractivity contribution in [1.29, 1.82) is 0 Å². The molecule has 0 bridgehead atoms. The van der Waals surface area contributed by atoms with Crippen LogP contribution < -0.4 is 5.32 Å². The van der Waals surface area contributed by atoms with Crippen LogP contribution in [-0.4, -0.2) is 20.3 Å². The van der Waals surface area contributed by atoms with Crippen molar-refractivity contribution in [3.05, 3.63) is 21.9 Å². The first kappa shape index (κ1) is 13.1. The van der Waals surface area contributed by atoms with Crippen molar-refractivity contribution in [1.82, 2.24) is 5.32 Å². The molecule has 2 nitrogen and oxygen atoms in total. The zero-order valence-electron chi connectivity index (χ0n) is 11.1. The molecule has 0 aliphatic heterocycles. The molecule has 0 saturated heterocycles. The highest BCUT2D eigenvalue weighted by atomic mass is 32.1. The van der Waals surface area contributed by atoms with Crippen molar-refractivity contribution in [2.75, 3.05) is 20.3 Å². The van der Waals surface area contributed by atoms with Gasteiger partial charge in [-0.2, -0.15) is 0 Å². The number of methoxy groups -OCH3 is 1. The molecule has 0 radical (unpaired) electrons. The molecular weight excluding hydrogens is 230 g/mol. The van der Waals surface area contributed by atoms with E-state index in [-0.39, 0.29) is 0 Å². The van der Waals surface area contributed by atoms with E-state index in [2.05, 4.69) is 30.6 Å². The van der Waals surface area contributed by atoms with Crippen LogP contribution in [0.3, 0.4) is 0 Å². The summed E-state index contributed by atoms with van der Waals surface area (Å²) in [6.45, 7) is 6.50. The van der Waals surface area contributed by atoms with Gasteiger partial charge in [-0.3, -0.25) is 0 Å². The molecule has 1 heterocycles. The third-order valence-electron chi connectivity index (χ3n) is 3.87. The lowest BCUT2D eigenvalue weighted by molar-refractivity contribution is 0.170. The van der Waals surface area contributed by atoms with Gasteiger partial charge in [-0.25, -0.2) is 0 Å². The van der Waals surface area contributed by atoms with Crippen LogP contribution >= 0.6 is 11.3 Å². The summed E-state index contributed by atoms with van der Waals surface area (Å²) < 4.78 is 5.19. The fourth-order valence-electron chi connectivity index (χ4n) is 2.30. The highest BCUT2D eigenvalue weighted by molar-refractivity contribution is 7.10. The fraction of sp³-hybridized carbons (Fsp3) is 0.714. The molecule has 1 aromatic heterocycles. The molecule has 0 aromatic carbocycles. The summed E-state index contributed by atoms with van der Waals surface area (Å²) in [5.74, 6) is 0. The second kappa shape index (κ2) is 5.51. The zero-order valence-corrected chi connectivity index (χ0v) is 11.9. The second-order valence-electron chi connectivity index (χ2n) is 5.31. The molecule has 1 atom stereocenters. The lowest BCUT2D eigenvalue weighted by atomic mass is 10.0. The normalized spacial score (nSPS) is 19.2. The van der Waals surface area contributed by atoms with E-state index >= 15 is 0 Å². The molecule has 1 fully saturated rings. The summed E-state index contributed by atoms with van der Waals surface area (Å²) in [7, 11) is 1.79. The van der Waals surface area contributed by atoms with Crippen molar-refractivity contribution < 1.29 is 4.74 Å². The minimum Gasteiger partial charge on any atom is -0.385 e. The number of ether oxygens (including phenoxy) is 1. The second-order valence-corrected chi connectivity index (χ2v) is 6.26. The van der Waals surface area contributed by atoms with Crippen molar-refractivity contribution in [3.8, 4) is 0 Å². The van der Waals surface area contributed by atoms with Gasteiger partial charge in [0.2, 0.25) is 0 Å². The minimum atomic E-state index is 0.481. The quantitative estimate of drug-likeness (QED) is 0.802. The van der Waals surface area contributed by atoms with Crippen molar-refractivity contribution in [2.45, 2.75) is 39.2 Å². The predicted molar refractivity (Wildman–Crippen MR) is 73.6 cm³/mol. The molecule has 2 rings (SSSR count). The summed E-state index contributed by atoms with van der Waals surface area (Å²) in [6, 6.07) is 2.69. The lowest BCUT2D eigenvalue weighted by Crippen LogP contribution is -2.27. The molecule has 1 aliphatic carbocycles. The average Bonchev–Trinajstić information content (AvgIpc) is 2.98. The van der Waals surface area contributed by atoms with Gasteiger partial charge in [0.05, 0.1) is 0 Å². The van der Waals surface area contributed by atoms with E-state index in [1.54, 1.807) is 7.11 Å². The van der Waals surface area contributed by atoms with Gasteiger partial charge in [0.25, 0.3) is 0 Å². The number of rotatable bonds is 7. The third-order valence-corrected chi connectivity index (χ3v) is 5.07. The van der Waals surface area contributed by atoms with Crippen molar-refractivity contribution >= 4 is 11.3 Å². The van der Waals surface area contributed by atoms with Crippen molar-refractivity contribution in [2.24, 2.45) is 5.41 Å². The first-order valence-electron chi connectivity index (χ1n) is 6.43. The van der Waals surface area contributed by atoms with E-state index in [9.17, 15) is 0 Å². The molecule has 0 spiro atoms. The summed E-state index contributed by atoms with van der Waals surface area (Å²) in [5, 5.41) is 5.87. The molecule has 0 amide bonds. The Morgan fingerprint density at radius 1 is 1.53 bits per heavy atom. The monoisotopic (exact) mass is 253 g/mol. The maximum Gasteiger partial charge on any atom is 0.0468 e. The number of aryl methyl sites for hydroxylation is 1. The topological polar surface area (TPSA) is 21.3 Å². The smallest absolute Gasteiger partial charge is 0.0468 e. The Morgan fingerprint density at radius 3 is 2.82 bits per heavy atom. The third kappa shape index (κ3) is 3.30. The SMILES string of the molecule is COCCC1(CNC(C)c2sccc2C)CC1. The minimum absolute atomic E-state index is 0.481. The number of nitrogens with one attached hydrogen (secondary N) is 1. The number of thiophene rings is 1. The Morgan fingerprint density at radius 2 is 2.29 bits per heavy atom. The van der Waals surface area contributed by atoms with E-state index in [0.29, 0.717) is 11.5 Å². The molecule has 96 valence electrons. The van der Waals surface area contributed by atoms with Crippen LogP contribution in [0.5, 0.6) is 0 Å². The van der Waals surface area contributed by atoms with Gasteiger partial charge in [0.1, 0.15) is 0 Å². The molecule has 3 heteroatoms. The number of hydrogen-bond acceptors (Lipinski definition) is 3. The van der Waals surface area contributed by atoms with Crippen LogP contribution in [0.2, 0.25) is 0 Å². The van der Waals surface area contributed by atoms with Crippen molar-refractivity contribution in [3.63, 3.8) is 0 Å². The first-order chi connectivity index (χ1) is 8.17. The van der Waals surface area contributed by atoms with Crippen LogP contribution in [0, 0.1) is 12.3 Å². The van der Waals surface area contributed by atoms with Gasteiger partial charge in [-0.05, 0) is 55.5 Å². The summed E-state index contributed by atoms with van der Waals surface area (Å²) in [4.78, 5) is 1.48. The molecule has 1 saturated carbocycles. The molecule has 1 N–H and O–H groups in total. The number of hydrogen-bond donors (Lipinski definition) is 1. The lowest BCUT2D eigenvalue weighted by Gasteiger charge is -2.19. The maximum atomic E-state index is 5.19. The van der Waals surface area contributed by atoms with Crippen LogP contribution in [-0.2, 0) is 4.74 Å². The average molecular weight is 253 g/mol. The Kier molecular flexibility index (Phi) is 4.23. The standard InChI is InChI=1S/C14H23NOS/c1-11-4-9-17-13(11)12(2)15-10-14(5-6-14)7-8-16-3/h4,9,12,15H,5-8,10H2,1-3H3. The van der Waals surface area contributed by atoms with Gasteiger partial charge in [0.15, 0.2) is 0 Å². The fourth-order valence-corrected chi connectivity index (χ4v) is 3.26. The van der Waals surface area contributed by atoms with E-state index in [4.69, 9.17) is 4.74 Å². The molecule has 17 heavy (non-hydrogen) atoms. The summed E-state index contributed by atoms with van der Waals surface area (Å²) in [6.07, 6.45) is 3.92. The van der Waals surface area contributed by atoms with Gasteiger partial charge >= 0.3 is 0 Å². The summed E-state index contributed by atoms with van der Waals surface area (Å²) >= 11 is 1.86. The Labute approximate surface area is 108 Å². The van der Waals surface area contributed by atoms with E-state index in [1.807, 2.05) is 11.3 Å². The predicted octanol–water partition coefficient (Wildman–Crippen LogP) is 3.52. The highest BCUT2D eigenvalue weighted by Gasteiger charge is 2.41. The molecule has 1 unspecified atom stereocenters. The van der Waals surface area contributed by atoms with Gasteiger partial charge in [-0.1, -0.05) is 0 Å². The molecular formula is C14H23NOS. The van der Waals surface area contributed by atoms with Crippen LogP contribution in [0.1, 0.15) is 42.7 Å². The maximum absolute atomic E-state index is 5.19. The van der Waals surface area contributed by atoms with Gasteiger partial charge in [0, 0.05) is 31.2 Å². The molecule has 1 aliphatic rings. The van der Waals surface area contributed by atoms with E-state index < -0.39 is 0 Å². The summed E-state index contributed by atoms with van der Waals surface area (Å²) in [5.41, 5.74) is 1.95. The van der Waals surface area contributed by atoms with Crippen LogP contribution in [0.25, 0.3) is 0 Å². The highest BCUT2D eigenvalue weighted by Crippen LogP contribution is 2.48. The van der Waals surface area contributed by atoms with E-state index in [1.165, 1.54) is 29.7 Å². The van der Waals surface area contributed by atoms with E-state index in [0.717, 1.165) is 13.2 Å². The zero-order chi connectivity index (χ0) is 12.3. The Balaban J connectivity index is 1.80. The molecule has 1 aromatic rings.